The van der Waals surface area contributed by atoms with Crippen LogP contribution in [0.5, 0.6) is 0 Å². The van der Waals surface area contributed by atoms with Crippen molar-refractivity contribution in [1.82, 2.24) is 0 Å². The Kier molecular flexibility index (Phi) is 6.63. The van der Waals surface area contributed by atoms with E-state index < -0.39 is 23.9 Å². The minimum absolute atomic E-state index is 0. The maximum atomic E-state index is 12.5. The van der Waals surface area contributed by atoms with Crippen LogP contribution in [-0.2, 0) is 6.18 Å². The highest BCUT2D eigenvalue weighted by atomic mass is 79.9. The van der Waals surface area contributed by atoms with Crippen LogP contribution < -0.4 is 5.73 Å². The second-order valence-electron chi connectivity index (χ2n) is 3.74. The lowest BCUT2D eigenvalue weighted by atomic mass is 9.98. The predicted molar refractivity (Wildman–Crippen MR) is 69.6 cm³/mol. The topological polar surface area (TPSA) is 46.2 Å². The lowest BCUT2D eigenvalue weighted by Gasteiger charge is -2.20. The van der Waals surface area contributed by atoms with Gasteiger partial charge in [0.25, 0.3) is 0 Å². The second-order valence-corrected chi connectivity index (χ2v) is 4.59. The van der Waals surface area contributed by atoms with Crippen LogP contribution in [0.4, 0.5) is 13.2 Å². The van der Waals surface area contributed by atoms with Gasteiger partial charge in [0.1, 0.15) is 0 Å². The van der Waals surface area contributed by atoms with Gasteiger partial charge in [-0.15, -0.1) is 12.4 Å². The molecule has 0 radical (unpaired) electrons. The third-order valence-corrected chi connectivity index (χ3v) is 3.24. The van der Waals surface area contributed by atoms with E-state index in [0.717, 1.165) is 12.1 Å². The Hall–Kier alpha value is -0.300. The molecule has 0 amide bonds. The molecule has 0 saturated carbocycles. The van der Waals surface area contributed by atoms with Crippen molar-refractivity contribution in [3.8, 4) is 0 Å². The molecule has 0 saturated heterocycles. The smallest absolute Gasteiger partial charge is 0.391 e. The third-order valence-electron chi connectivity index (χ3n) is 2.52. The van der Waals surface area contributed by atoms with Crippen molar-refractivity contribution >= 4 is 28.3 Å². The van der Waals surface area contributed by atoms with Crippen molar-refractivity contribution in [3.63, 3.8) is 0 Å². The van der Waals surface area contributed by atoms with Gasteiger partial charge in [0.2, 0.25) is 0 Å². The van der Waals surface area contributed by atoms with Crippen LogP contribution in [0.1, 0.15) is 30.5 Å². The zero-order valence-electron chi connectivity index (χ0n) is 9.54. The fourth-order valence-electron chi connectivity index (χ4n) is 1.44. The Morgan fingerprint density at radius 2 is 1.94 bits per heavy atom. The molecule has 0 aromatic heterocycles. The molecule has 104 valence electrons. The summed E-state index contributed by atoms with van der Waals surface area (Å²) >= 11 is 3.14. The third kappa shape index (κ3) is 4.12. The molecule has 2 nitrogen and oxygen atoms in total. The molecular formula is C11H14BrClF3NO. The van der Waals surface area contributed by atoms with Gasteiger partial charge in [-0.25, -0.2) is 0 Å². The molecule has 0 aliphatic rings. The Morgan fingerprint density at radius 1 is 1.39 bits per heavy atom. The van der Waals surface area contributed by atoms with Crippen molar-refractivity contribution in [2.45, 2.75) is 31.7 Å². The van der Waals surface area contributed by atoms with Crippen molar-refractivity contribution < 1.29 is 18.3 Å². The normalized spacial score (nSPS) is 14.8. The van der Waals surface area contributed by atoms with E-state index in [1.165, 1.54) is 6.07 Å². The summed E-state index contributed by atoms with van der Waals surface area (Å²) in [6, 6.07) is 2.39. The summed E-state index contributed by atoms with van der Waals surface area (Å²) < 4.78 is 38.0. The molecule has 2 atom stereocenters. The summed E-state index contributed by atoms with van der Waals surface area (Å²) in [7, 11) is 0. The Labute approximate surface area is 118 Å². The number of nitrogens with two attached hydrogens (primary N) is 1. The number of rotatable bonds is 3. The molecule has 1 rings (SSSR count). The Morgan fingerprint density at radius 3 is 2.39 bits per heavy atom. The maximum absolute atomic E-state index is 12.5. The van der Waals surface area contributed by atoms with Crippen molar-refractivity contribution in [3.05, 3.63) is 33.8 Å². The fraction of sp³-hybridized carbons (Fsp3) is 0.455. The van der Waals surface area contributed by atoms with Gasteiger partial charge in [-0.05, 0) is 30.2 Å². The highest BCUT2D eigenvalue weighted by Gasteiger charge is 2.31. The van der Waals surface area contributed by atoms with Gasteiger partial charge in [-0.3, -0.25) is 0 Å². The maximum Gasteiger partial charge on any atom is 0.416 e. The van der Waals surface area contributed by atoms with E-state index in [1.54, 1.807) is 6.92 Å². The van der Waals surface area contributed by atoms with E-state index in [4.69, 9.17) is 5.73 Å². The molecule has 0 aliphatic heterocycles. The molecule has 0 heterocycles. The van der Waals surface area contributed by atoms with Gasteiger partial charge in [0.05, 0.1) is 17.7 Å². The number of alkyl halides is 3. The molecule has 3 N–H and O–H groups in total. The number of benzene rings is 1. The number of aliphatic hydroxyl groups is 1. The van der Waals surface area contributed by atoms with E-state index in [2.05, 4.69) is 15.9 Å². The first-order valence-corrected chi connectivity index (χ1v) is 5.87. The van der Waals surface area contributed by atoms with Crippen LogP contribution in [0.25, 0.3) is 0 Å². The first-order valence-electron chi connectivity index (χ1n) is 5.07. The van der Waals surface area contributed by atoms with E-state index in [0.29, 0.717) is 10.9 Å². The van der Waals surface area contributed by atoms with E-state index in [9.17, 15) is 18.3 Å². The van der Waals surface area contributed by atoms with Gasteiger partial charge in [-0.2, -0.15) is 13.2 Å². The first kappa shape index (κ1) is 17.7. The summed E-state index contributed by atoms with van der Waals surface area (Å²) in [5.74, 6) is 0. The molecule has 1 aromatic rings. The quantitative estimate of drug-likeness (QED) is 0.875. The average molecular weight is 349 g/mol. The molecule has 0 bridgehead atoms. The van der Waals surface area contributed by atoms with Crippen LogP contribution in [0.2, 0.25) is 0 Å². The number of aliphatic hydroxyl groups excluding tert-OH is 1. The molecule has 0 fully saturated rings. The summed E-state index contributed by atoms with van der Waals surface area (Å²) in [5.41, 5.74) is 5.20. The van der Waals surface area contributed by atoms with Gasteiger partial charge in [-0.1, -0.05) is 22.9 Å². The van der Waals surface area contributed by atoms with Gasteiger partial charge >= 0.3 is 6.18 Å². The molecule has 18 heavy (non-hydrogen) atoms. The molecule has 1 aromatic carbocycles. The summed E-state index contributed by atoms with van der Waals surface area (Å²) in [6.07, 6.45) is -4.90. The highest BCUT2D eigenvalue weighted by molar-refractivity contribution is 9.10. The van der Waals surface area contributed by atoms with Crippen molar-refractivity contribution in [1.29, 1.82) is 0 Å². The Bertz CT molecular complexity index is 400. The molecule has 7 heteroatoms. The summed E-state index contributed by atoms with van der Waals surface area (Å²) in [6.45, 7) is 1.71. The van der Waals surface area contributed by atoms with Crippen LogP contribution in [-0.4, -0.2) is 11.2 Å². The predicted octanol–water partition coefficient (Wildman–Crippen LogP) is 3.66. The van der Waals surface area contributed by atoms with Gasteiger partial charge in [0, 0.05) is 4.47 Å². The molecule has 0 spiro atoms. The van der Waals surface area contributed by atoms with E-state index >= 15 is 0 Å². The Balaban J connectivity index is 0.00000289. The SMILES string of the molecule is CC[C@H](O)[C@H](N)c1cc(C(F)(F)F)ccc1Br.Cl. The van der Waals surface area contributed by atoms with Crippen molar-refractivity contribution in [2.75, 3.05) is 0 Å². The second kappa shape index (κ2) is 6.75. The lowest BCUT2D eigenvalue weighted by Crippen LogP contribution is -2.26. The number of hydrogen-bond donors (Lipinski definition) is 2. The van der Waals surface area contributed by atoms with Crippen LogP contribution in [0.15, 0.2) is 22.7 Å². The van der Waals surface area contributed by atoms with Crippen molar-refractivity contribution in [2.24, 2.45) is 5.73 Å². The van der Waals surface area contributed by atoms with Crippen LogP contribution >= 0.6 is 28.3 Å². The molecule has 0 unspecified atom stereocenters. The van der Waals surface area contributed by atoms with E-state index in [1.807, 2.05) is 0 Å². The molecular weight excluding hydrogens is 334 g/mol. The minimum Gasteiger partial charge on any atom is -0.391 e. The number of hydrogen-bond acceptors (Lipinski definition) is 2. The van der Waals surface area contributed by atoms with E-state index in [-0.39, 0.29) is 18.0 Å². The van der Waals surface area contributed by atoms with Crippen LogP contribution in [0.3, 0.4) is 0 Å². The monoisotopic (exact) mass is 347 g/mol. The summed E-state index contributed by atoms with van der Waals surface area (Å²) in [5, 5.41) is 9.57. The minimum atomic E-state index is -4.41. The lowest BCUT2D eigenvalue weighted by molar-refractivity contribution is -0.137. The largest absolute Gasteiger partial charge is 0.416 e. The van der Waals surface area contributed by atoms with Gasteiger partial charge in [0.15, 0.2) is 0 Å². The summed E-state index contributed by atoms with van der Waals surface area (Å²) in [4.78, 5) is 0. The molecule has 0 aliphatic carbocycles. The number of halogens is 5. The zero-order valence-corrected chi connectivity index (χ0v) is 11.9. The first-order chi connectivity index (χ1) is 7.77. The fourth-order valence-corrected chi connectivity index (χ4v) is 1.95. The average Bonchev–Trinajstić information content (AvgIpc) is 2.26. The highest BCUT2D eigenvalue weighted by Crippen LogP contribution is 2.34. The zero-order chi connectivity index (χ0) is 13.2. The van der Waals surface area contributed by atoms with Crippen LogP contribution in [0, 0.1) is 0 Å². The van der Waals surface area contributed by atoms with Gasteiger partial charge < -0.3 is 10.8 Å². The standard InChI is InChI=1S/C11H13BrF3NO.ClH/c1-2-9(17)10(16)7-5-6(11(13,14)15)3-4-8(7)12;/h3-5,9-10,17H,2,16H2,1H3;1H/t9-,10+;/m0./s1.